The topological polar surface area (TPSA) is 318 Å². The quantitative estimate of drug-likeness (QED) is 0.0624. The molecule has 0 saturated heterocycles. The van der Waals surface area contributed by atoms with E-state index in [0.29, 0.717) is 5.69 Å². The predicted molar refractivity (Wildman–Crippen MR) is 212 cm³/mol. The van der Waals surface area contributed by atoms with Gasteiger partial charge in [-0.1, -0.05) is 18.2 Å². The van der Waals surface area contributed by atoms with Gasteiger partial charge in [-0.2, -0.15) is 13.2 Å². The number of rotatable bonds is 15. The number of halogens is 3. The maximum absolute atomic E-state index is 13.5. The zero-order valence-electron chi connectivity index (χ0n) is 33.2. The van der Waals surface area contributed by atoms with E-state index in [4.69, 9.17) is 15.6 Å². The fourth-order valence-corrected chi connectivity index (χ4v) is 5.81. The number of carboxylic acids is 1. The minimum Gasteiger partial charge on any atom is -0.475 e. The van der Waals surface area contributed by atoms with Crippen LogP contribution in [0.3, 0.4) is 0 Å². The van der Waals surface area contributed by atoms with Gasteiger partial charge in [-0.05, 0) is 32.9 Å². The van der Waals surface area contributed by atoms with Crippen molar-refractivity contribution in [3.05, 3.63) is 107 Å². The molecule has 25 heteroatoms. The average molecular weight is 872 g/mol. The first-order valence-electron chi connectivity index (χ1n) is 18.2. The van der Waals surface area contributed by atoms with Gasteiger partial charge in [-0.25, -0.2) is 19.4 Å². The van der Waals surface area contributed by atoms with Gasteiger partial charge in [0.05, 0.1) is 24.3 Å². The Morgan fingerprint density at radius 1 is 0.774 bits per heavy atom. The van der Waals surface area contributed by atoms with E-state index in [9.17, 15) is 56.3 Å². The van der Waals surface area contributed by atoms with Gasteiger partial charge < -0.3 is 36.3 Å². The SMILES string of the molecule is Cc1cn(CC(=O)N(CCNC(=O)CN(CCNC(=O)c2cc3c([nH]c4ccccc43)c(C)n2)C(=O)Cn2cc(C)c(=O)[nH]c2=O)CC(N)=O)c(=O)[nH]c1=O.O=C(O)C(F)(F)F. The number of para-hydroxylation sites is 1. The highest BCUT2D eigenvalue weighted by Crippen LogP contribution is 2.27. The smallest absolute Gasteiger partial charge is 0.475 e. The van der Waals surface area contributed by atoms with Crippen LogP contribution in [0.25, 0.3) is 21.8 Å². The lowest BCUT2D eigenvalue weighted by Gasteiger charge is -2.24. The molecule has 1 aromatic carbocycles. The van der Waals surface area contributed by atoms with Crippen molar-refractivity contribution in [2.45, 2.75) is 40.0 Å². The minimum atomic E-state index is -5.08. The number of alkyl halides is 3. The van der Waals surface area contributed by atoms with E-state index in [-0.39, 0.29) is 43.0 Å². The largest absolute Gasteiger partial charge is 0.490 e. The Kier molecular flexibility index (Phi) is 15.1. The second-order valence-electron chi connectivity index (χ2n) is 13.6. The molecular formula is C37H40F3N11O11. The van der Waals surface area contributed by atoms with E-state index in [0.717, 1.165) is 40.7 Å². The van der Waals surface area contributed by atoms with Crippen LogP contribution in [0.5, 0.6) is 0 Å². The van der Waals surface area contributed by atoms with Crippen molar-refractivity contribution in [1.82, 2.24) is 49.5 Å². The number of nitrogens with zero attached hydrogens (tertiary/aromatic N) is 5. The molecule has 5 rings (SSSR count). The summed E-state index contributed by atoms with van der Waals surface area (Å²) in [5, 5.41) is 14.1. The molecule has 4 heterocycles. The molecule has 0 radical (unpaired) electrons. The van der Waals surface area contributed by atoms with Crippen LogP contribution < -0.4 is 38.9 Å². The molecule has 0 atom stereocenters. The second kappa shape index (κ2) is 19.9. The van der Waals surface area contributed by atoms with Gasteiger partial charge in [-0.15, -0.1) is 0 Å². The Balaban J connectivity index is 0.00000111. The van der Waals surface area contributed by atoms with Crippen LogP contribution >= 0.6 is 0 Å². The lowest BCUT2D eigenvalue weighted by atomic mass is 10.1. The van der Waals surface area contributed by atoms with Crippen molar-refractivity contribution >= 4 is 57.3 Å². The van der Waals surface area contributed by atoms with Gasteiger partial charge in [0.2, 0.25) is 23.6 Å². The average Bonchev–Trinajstić information content (AvgIpc) is 3.57. The predicted octanol–water partition coefficient (Wildman–Crippen LogP) is -1.64. The van der Waals surface area contributed by atoms with Crippen molar-refractivity contribution in [3.63, 3.8) is 0 Å². The van der Waals surface area contributed by atoms with E-state index in [1.165, 1.54) is 26.2 Å². The third-order valence-electron chi connectivity index (χ3n) is 8.90. The number of benzene rings is 1. The maximum atomic E-state index is 13.5. The van der Waals surface area contributed by atoms with Crippen LogP contribution in [0.1, 0.15) is 27.3 Å². The molecule has 0 aliphatic rings. The first-order valence-corrected chi connectivity index (χ1v) is 18.2. The number of hydrogen-bond donors (Lipinski definition) is 7. The molecule has 5 amide bonds. The van der Waals surface area contributed by atoms with Crippen LogP contribution in [0.15, 0.2) is 61.9 Å². The van der Waals surface area contributed by atoms with Gasteiger partial charge in [0.25, 0.3) is 17.0 Å². The molecule has 5 aromatic rings. The highest BCUT2D eigenvalue weighted by atomic mass is 19.4. The Labute approximate surface area is 345 Å². The van der Waals surface area contributed by atoms with E-state index in [1.54, 1.807) is 13.0 Å². The number of fused-ring (bicyclic) bond motifs is 3. The molecule has 330 valence electrons. The zero-order valence-corrected chi connectivity index (χ0v) is 33.2. The first kappa shape index (κ1) is 46.8. The highest BCUT2D eigenvalue weighted by Gasteiger charge is 2.38. The Hall–Kier alpha value is -7.86. The molecule has 0 aliphatic heterocycles. The number of carbonyl (C=O) groups is 6. The maximum Gasteiger partial charge on any atom is 0.490 e. The van der Waals surface area contributed by atoms with Crippen molar-refractivity contribution in [2.24, 2.45) is 5.73 Å². The number of H-pyrrole nitrogens is 3. The fourth-order valence-electron chi connectivity index (χ4n) is 5.81. The Morgan fingerprint density at radius 2 is 1.27 bits per heavy atom. The van der Waals surface area contributed by atoms with Crippen molar-refractivity contribution in [3.8, 4) is 0 Å². The number of nitrogens with one attached hydrogen (secondary N) is 5. The number of aromatic amines is 3. The van der Waals surface area contributed by atoms with Gasteiger partial charge in [0, 0.05) is 66.0 Å². The number of pyridine rings is 1. The minimum absolute atomic E-state index is 0.117. The van der Waals surface area contributed by atoms with Crippen LogP contribution in [-0.2, 0) is 37.1 Å². The molecule has 0 saturated carbocycles. The second-order valence-corrected chi connectivity index (χ2v) is 13.6. The number of primary amides is 1. The molecule has 62 heavy (non-hydrogen) atoms. The van der Waals surface area contributed by atoms with E-state index < -0.39 is 90.4 Å². The standard InChI is InChI=1S/C35H39N11O9.C2HF3O2/c1-19-13-45(34(54)41-31(19)51)17-28(49)43(15-26(36)47)10-8-37-27(48)16-44(29(50)18-46-14-20(2)32(52)42-35(46)55)11-9-38-33(53)25-12-23-22-6-4-5-7-24(22)40-30(23)21(3)39-25;3-2(4,5)1(6)7/h4-7,12-14,40H,8-11,15-18H2,1-3H3,(H2,36,47)(H,37,48)(H,38,53)(H,41,51,54)(H,42,52,55);(H,6,7). The van der Waals surface area contributed by atoms with E-state index >= 15 is 0 Å². The fraction of sp³-hybridized carbons (Fsp3) is 0.324. The van der Waals surface area contributed by atoms with Crippen LogP contribution in [0, 0.1) is 20.8 Å². The number of nitrogens with two attached hydrogens (primary N) is 1. The number of aliphatic carboxylic acids is 1. The monoisotopic (exact) mass is 871 g/mol. The summed E-state index contributed by atoms with van der Waals surface area (Å²) in [6, 6.07) is 9.26. The summed E-state index contributed by atoms with van der Waals surface area (Å²) in [6.07, 6.45) is -2.68. The summed E-state index contributed by atoms with van der Waals surface area (Å²) in [7, 11) is 0. The van der Waals surface area contributed by atoms with Crippen LogP contribution in [-0.4, -0.2) is 125 Å². The van der Waals surface area contributed by atoms with E-state index in [1.807, 2.05) is 24.3 Å². The first-order chi connectivity index (χ1) is 29.0. The summed E-state index contributed by atoms with van der Waals surface area (Å²) in [6.45, 7) is 1.81. The summed E-state index contributed by atoms with van der Waals surface area (Å²) >= 11 is 0. The lowest BCUT2D eigenvalue weighted by Crippen LogP contribution is -2.48. The molecule has 4 aromatic heterocycles. The highest BCUT2D eigenvalue weighted by molar-refractivity contribution is 6.10. The van der Waals surface area contributed by atoms with Crippen molar-refractivity contribution in [2.75, 3.05) is 39.3 Å². The summed E-state index contributed by atoms with van der Waals surface area (Å²) in [5.74, 6) is -6.23. The van der Waals surface area contributed by atoms with Crippen molar-refractivity contribution in [1.29, 1.82) is 0 Å². The number of aromatic nitrogens is 6. The van der Waals surface area contributed by atoms with Crippen LogP contribution in [0.2, 0.25) is 0 Å². The molecule has 0 aliphatic carbocycles. The summed E-state index contributed by atoms with van der Waals surface area (Å²) in [5.41, 5.74) is 5.17. The molecule has 0 fully saturated rings. The molecule has 8 N–H and O–H groups in total. The number of amides is 5. The van der Waals surface area contributed by atoms with Crippen molar-refractivity contribution < 1.29 is 47.0 Å². The molecule has 22 nitrogen and oxygen atoms in total. The van der Waals surface area contributed by atoms with Gasteiger partial charge in [-0.3, -0.25) is 52.7 Å². The number of aryl methyl sites for hydroxylation is 3. The van der Waals surface area contributed by atoms with Crippen LogP contribution in [0.4, 0.5) is 13.2 Å². The van der Waals surface area contributed by atoms with Gasteiger partial charge in [0.15, 0.2) is 0 Å². The number of carboxylic acid groups (broad SMARTS) is 1. The zero-order chi connectivity index (χ0) is 46.1. The molecule has 0 unspecified atom stereocenters. The van der Waals surface area contributed by atoms with E-state index in [2.05, 4.69) is 30.6 Å². The Morgan fingerprint density at radius 3 is 1.79 bits per heavy atom. The number of hydrogen-bond acceptors (Lipinski definition) is 11. The summed E-state index contributed by atoms with van der Waals surface area (Å²) in [4.78, 5) is 136. The molecule has 0 bridgehead atoms. The lowest BCUT2D eigenvalue weighted by molar-refractivity contribution is -0.192. The summed E-state index contributed by atoms with van der Waals surface area (Å²) < 4.78 is 33.7. The Bertz CT molecular complexity index is 2790. The normalized spacial score (nSPS) is 11.1. The molecular weight excluding hydrogens is 831 g/mol. The third kappa shape index (κ3) is 12.3. The third-order valence-corrected chi connectivity index (χ3v) is 8.90. The molecule has 0 spiro atoms. The number of carbonyl (C=O) groups excluding carboxylic acids is 5. The van der Waals surface area contributed by atoms with Gasteiger partial charge in [0.1, 0.15) is 18.8 Å². The van der Waals surface area contributed by atoms with Gasteiger partial charge >= 0.3 is 23.5 Å².